The highest BCUT2D eigenvalue weighted by Gasteiger charge is 2.32. The van der Waals surface area contributed by atoms with E-state index in [1.165, 1.54) is 12.8 Å². The van der Waals surface area contributed by atoms with Crippen LogP contribution in [0.15, 0.2) is 0 Å². The number of hydrogen-bond acceptors (Lipinski definition) is 3. The molecule has 1 aliphatic carbocycles. The zero-order valence-electron chi connectivity index (χ0n) is 11.5. The summed E-state index contributed by atoms with van der Waals surface area (Å²) in [4.78, 5) is 11.6. The molecule has 3 nitrogen and oxygen atoms in total. The predicted molar refractivity (Wildman–Crippen MR) is 75.4 cm³/mol. The van der Waals surface area contributed by atoms with Gasteiger partial charge in [0.05, 0.1) is 5.75 Å². The molecule has 100 valence electrons. The Labute approximate surface area is 109 Å². The number of thioether (sulfide) groups is 1. The normalized spacial score (nSPS) is 28.6. The summed E-state index contributed by atoms with van der Waals surface area (Å²) in [6, 6.07) is 0.893. The number of rotatable bonds is 6. The fourth-order valence-electron chi connectivity index (χ4n) is 2.46. The van der Waals surface area contributed by atoms with Gasteiger partial charge >= 0.3 is 0 Å². The molecule has 0 bridgehead atoms. The molecule has 4 heteroatoms. The molecule has 0 spiro atoms. The van der Waals surface area contributed by atoms with Gasteiger partial charge in [0, 0.05) is 17.3 Å². The Morgan fingerprint density at radius 3 is 2.71 bits per heavy atom. The van der Waals surface area contributed by atoms with Gasteiger partial charge in [0.15, 0.2) is 0 Å². The molecule has 2 N–H and O–H groups in total. The van der Waals surface area contributed by atoms with Gasteiger partial charge in [-0.15, -0.1) is 11.8 Å². The van der Waals surface area contributed by atoms with Gasteiger partial charge in [-0.2, -0.15) is 0 Å². The van der Waals surface area contributed by atoms with Crippen molar-refractivity contribution in [1.29, 1.82) is 0 Å². The van der Waals surface area contributed by atoms with E-state index in [2.05, 4.69) is 24.5 Å². The maximum atomic E-state index is 11.6. The molecule has 0 aromatic rings. The van der Waals surface area contributed by atoms with Crippen LogP contribution in [0.5, 0.6) is 0 Å². The molecule has 3 unspecified atom stereocenters. The lowest BCUT2D eigenvalue weighted by atomic mass is 10.1. The lowest BCUT2D eigenvalue weighted by molar-refractivity contribution is -0.119. The SMILES string of the molecule is CCNC1CCC(SCC(=O)NC(C)C)C1C. The highest BCUT2D eigenvalue weighted by atomic mass is 32.2. The van der Waals surface area contributed by atoms with E-state index < -0.39 is 0 Å². The minimum Gasteiger partial charge on any atom is -0.353 e. The molecule has 0 aliphatic heterocycles. The van der Waals surface area contributed by atoms with E-state index in [9.17, 15) is 4.79 Å². The Balaban J connectivity index is 2.26. The summed E-state index contributed by atoms with van der Waals surface area (Å²) in [6.07, 6.45) is 2.48. The van der Waals surface area contributed by atoms with Crippen molar-refractivity contribution in [3.63, 3.8) is 0 Å². The lowest BCUT2D eigenvalue weighted by Crippen LogP contribution is -2.34. The van der Waals surface area contributed by atoms with Crippen LogP contribution in [-0.4, -0.2) is 35.5 Å². The Bertz CT molecular complexity index is 246. The lowest BCUT2D eigenvalue weighted by Gasteiger charge is -2.21. The summed E-state index contributed by atoms with van der Waals surface area (Å²) in [5.74, 6) is 1.45. The van der Waals surface area contributed by atoms with Crippen molar-refractivity contribution in [1.82, 2.24) is 10.6 Å². The van der Waals surface area contributed by atoms with E-state index in [1.54, 1.807) is 0 Å². The third-order valence-corrected chi connectivity index (χ3v) is 4.85. The van der Waals surface area contributed by atoms with Crippen LogP contribution in [0, 0.1) is 5.92 Å². The van der Waals surface area contributed by atoms with Crippen molar-refractivity contribution in [3.05, 3.63) is 0 Å². The smallest absolute Gasteiger partial charge is 0.230 e. The van der Waals surface area contributed by atoms with E-state index in [1.807, 2.05) is 25.6 Å². The van der Waals surface area contributed by atoms with Gasteiger partial charge in [-0.3, -0.25) is 4.79 Å². The first kappa shape index (κ1) is 14.8. The van der Waals surface area contributed by atoms with Gasteiger partial charge in [0.25, 0.3) is 0 Å². The molecule has 3 atom stereocenters. The molecular formula is C13H26N2OS. The fraction of sp³-hybridized carbons (Fsp3) is 0.923. The summed E-state index contributed by atoms with van der Waals surface area (Å²) < 4.78 is 0. The Hall–Kier alpha value is -0.220. The Morgan fingerprint density at radius 2 is 2.12 bits per heavy atom. The zero-order valence-corrected chi connectivity index (χ0v) is 12.3. The first-order valence-electron chi connectivity index (χ1n) is 6.69. The number of nitrogens with one attached hydrogen (secondary N) is 2. The number of amides is 1. The van der Waals surface area contributed by atoms with Crippen LogP contribution in [-0.2, 0) is 4.79 Å². The van der Waals surface area contributed by atoms with Crippen LogP contribution in [0.1, 0.15) is 40.5 Å². The van der Waals surface area contributed by atoms with Gasteiger partial charge in [0.1, 0.15) is 0 Å². The molecule has 0 radical (unpaired) electrons. The summed E-state index contributed by atoms with van der Waals surface area (Å²) >= 11 is 1.82. The number of hydrogen-bond donors (Lipinski definition) is 2. The molecular weight excluding hydrogens is 232 g/mol. The molecule has 1 rings (SSSR count). The largest absolute Gasteiger partial charge is 0.353 e. The van der Waals surface area contributed by atoms with E-state index in [4.69, 9.17) is 0 Å². The molecule has 1 saturated carbocycles. The third kappa shape index (κ3) is 4.88. The topological polar surface area (TPSA) is 41.1 Å². The monoisotopic (exact) mass is 258 g/mol. The number of carbonyl (C=O) groups excluding carboxylic acids is 1. The molecule has 0 aromatic carbocycles. The van der Waals surface area contributed by atoms with Crippen molar-refractivity contribution in [2.75, 3.05) is 12.3 Å². The first-order valence-corrected chi connectivity index (χ1v) is 7.73. The standard InChI is InChI=1S/C13H26N2OS/c1-5-14-11-6-7-12(10(11)4)17-8-13(16)15-9(2)3/h9-12,14H,5-8H2,1-4H3,(H,15,16). The highest BCUT2D eigenvalue weighted by Crippen LogP contribution is 2.34. The highest BCUT2D eigenvalue weighted by molar-refractivity contribution is 8.00. The van der Waals surface area contributed by atoms with Crippen molar-refractivity contribution < 1.29 is 4.79 Å². The zero-order chi connectivity index (χ0) is 12.8. The quantitative estimate of drug-likeness (QED) is 0.766. The average Bonchev–Trinajstić information content (AvgIpc) is 2.57. The van der Waals surface area contributed by atoms with Crippen LogP contribution >= 0.6 is 11.8 Å². The van der Waals surface area contributed by atoms with Crippen LogP contribution in [0.2, 0.25) is 0 Å². The molecule has 1 fully saturated rings. The van der Waals surface area contributed by atoms with Crippen molar-refractivity contribution in [2.24, 2.45) is 5.92 Å². The van der Waals surface area contributed by atoms with Crippen molar-refractivity contribution >= 4 is 17.7 Å². The van der Waals surface area contributed by atoms with Crippen molar-refractivity contribution in [2.45, 2.75) is 57.9 Å². The summed E-state index contributed by atoms with van der Waals surface area (Å²) in [5.41, 5.74) is 0. The first-order chi connectivity index (χ1) is 8.04. The predicted octanol–water partition coefficient (Wildman–Crippen LogP) is 2.02. The molecule has 0 saturated heterocycles. The molecule has 0 heterocycles. The van der Waals surface area contributed by atoms with Gasteiger partial charge < -0.3 is 10.6 Å². The molecule has 1 aliphatic rings. The van der Waals surface area contributed by atoms with Crippen LogP contribution < -0.4 is 10.6 Å². The maximum Gasteiger partial charge on any atom is 0.230 e. The van der Waals surface area contributed by atoms with E-state index in [0.29, 0.717) is 23.0 Å². The van der Waals surface area contributed by atoms with E-state index in [-0.39, 0.29) is 11.9 Å². The van der Waals surface area contributed by atoms with Gasteiger partial charge in [-0.1, -0.05) is 13.8 Å². The fourth-order valence-corrected chi connectivity index (χ4v) is 3.71. The van der Waals surface area contributed by atoms with E-state index in [0.717, 1.165) is 6.54 Å². The summed E-state index contributed by atoms with van der Waals surface area (Å²) in [6.45, 7) is 9.51. The number of carbonyl (C=O) groups is 1. The minimum absolute atomic E-state index is 0.170. The van der Waals surface area contributed by atoms with Crippen molar-refractivity contribution in [3.8, 4) is 0 Å². The van der Waals surface area contributed by atoms with E-state index >= 15 is 0 Å². The second-order valence-corrected chi connectivity index (χ2v) is 6.40. The molecule has 1 amide bonds. The van der Waals surface area contributed by atoms with Crippen LogP contribution in [0.25, 0.3) is 0 Å². The minimum atomic E-state index is 0.170. The second-order valence-electron chi connectivity index (χ2n) is 5.17. The second kappa shape index (κ2) is 7.27. The van der Waals surface area contributed by atoms with Crippen LogP contribution in [0.4, 0.5) is 0 Å². The summed E-state index contributed by atoms with van der Waals surface area (Å²) in [7, 11) is 0. The Kier molecular flexibility index (Phi) is 6.34. The van der Waals surface area contributed by atoms with Crippen LogP contribution in [0.3, 0.4) is 0 Å². The van der Waals surface area contributed by atoms with Gasteiger partial charge in [-0.05, 0) is 39.2 Å². The average molecular weight is 258 g/mol. The third-order valence-electron chi connectivity index (χ3n) is 3.33. The molecule has 0 aromatic heterocycles. The Morgan fingerprint density at radius 1 is 1.41 bits per heavy atom. The van der Waals surface area contributed by atoms with Gasteiger partial charge in [-0.25, -0.2) is 0 Å². The maximum absolute atomic E-state index is 11.6. The summed E-state index contributed by atoms with van der Waals surface area (Å²) in [5, 5.41) is 7.11. The molecule has 17 heavy (non-hydrogen) atoms. The van der Waals surface area contributed by atoms with Gasteiger partial charge in [0.2, 0.25) is 5.91 Å².